The van der Waals surface area contributed by atoms with E-state index in [1.165, 1.54) is 12.8 Å². The van der Waals surface area contributed by atoms with Crippen LogP contribution in [0.15, 0.2) is 36.5 Å². The van der Waals surface area contributed by atoms with E-state index in [4.69, 9.17) is 9.47 Å². The molecule has 2 amide bonds. The average molecular weight is 421 g/mol. The molecule has 0 spiro atoms. The first kappa shape index (κ1) is 22.6. The van der Waals surface area contributed by atoms with Gasteiger partial charge in [0.05, 0.1) is 20.3 Å². The number of benzene rings is 1. The first-order valence-corrected chi connectivity index (χ1v) is 9.57. The Hall–Kier alpha value is -2.67. The summed E-state index contributed by atoms with van der Waals surface area (Å²) in [7, 11) is 3.22. The van der Waals surface area contributed by atoms with Crippen molar-refractivity contribution >= 4 is 24.3 Å². The summed E-state index contributed by atoms with van der Waals surface area (Å²) < 4.78 is 10.7. The van der Waals surface area contributed by atoms with Gasteiger partial charge in [0.2, 0.25) is 0 Å². The van der Waals surface area contributed by atoms with Crippen molar-refractivity contribution in [2.45, 2.75) is 32.4 Å². The predicted octanol–water partition coefficient (Wildman–Crippen LogP) is 3.68. The van der Waals surface area contributed by atoms with Crippen LogP contribution in [0.3, 0.4) is 0 Å². The van der Waals surface area contributed by atoms with Crippen molar-refractivity contribution in [1.82, 2.24) is 15.6 Å². The fourth-order valence-electron chi connectivity index (χ4n) is 3.34. The van der Waals surface area contributed by atoms with Crippen molar-refractivity contribution in [2.24, 2.45) is 0 Å². The highest BCUT2D eigenvalue weighted by atomic mass is 35.5. The second kappa shape index (κ2) is 10.8. The average Bonchev–Trinajstić information content (AvgIpc) is 3.27. The molecule has 0 bridgehead atoms. The van der Waals surface area contributed by atoms with Gasteiger partial charge in [-0.15, -0.1) is 12.4 Å². The lowest BCUT2D eigenvalue weighted by atomic mass is 10.1. The van der Waals surface area contributed by atoms with E-state index >= 15 is 0 Å². The van der Waals surface area contributed by atoms with Gasteiger partial charge in [-0.2, -0.15) is 0 Å². The molecule has 0 aliphatic carbocycles. The number of nitrogens with zero attached hydrogens (tertiary/aromatic N) is 2. The molecule has 7 nitrogen and oxygen atoms in total. The number of rotatable bonds is 7. The summed E-state index contributed by atoms with van der Waals surface area (Å²) >= 11 is 0. The van der Waals surface area contributed by atoms with Gasteiger partial charge in [0.1, 0.15) is 17.3 Å². The SMILES string of the molecule is COc1ccc(OC)c(C(C)NC(=O)NCc2ccc(N3CCCC3)nc2)c1.Cl. The molecular weight excluding hydrogens is 392 g/mol. The number of carbonyl (C=O) groups excluding carboxylic acids is 1. The quantitative estimate of drug-likeness (QED) is 0.714. The Bertz CT molecular complexity index is 795. The third-order valence-corrected chi connectivity index (χ3v) is 4.94. The number of aromatic nitrogens is 1. The van der Waals surface area contributed by atoms with Crippen molar-refractivity contribution < 1.29 is 14.3 Å². The molecule has 1 aliphatic heterocycles. The van der Waals surface area contributed by atoms with E-state index < -0.39 is 0 Å². The highest BCUT2D eigenvalue weighted by Gasteiger charge is 2.16. The van der Waals surface area contributed by atoms with Crippen LogP contribution in [-0.4, -0.2) is 38.3 Å². The minimum Gasteiger partial charge on any atom is -0.497 e. The highest BCUT2D eigenvalue weighted by Crippen LogP contribution is 2.29. The first-order chi connectivity index (χ1) is 13.6. The van der Waals surface area contributed by atoms with E-state index in [1.54, 1.807) is 14.2 Å². The summed E-state index contributed by atoms with van der Waals surface area (Å²) in [5.74, 6) is 2.42. The second-order valence-corrected chi connectivity index (χ2v) is 6.88. The van der Waals surface area contributed by atoms with E-state index in [9.17, 15) is 4.79 Å². The van der Waals surface area contributed by atoms with Crippen LogP contribution in [0.2, 0.25) is 0 Å². The van der Waals surface area contributed by atoms with Crippen molar-refractivity contribution in [2.75, 3.05) is 32.2 Å². The molecule has 2 N–H and O–H groups in total. The summed E-state index contributed by atoms with van der Waals surface area (Å²) in [4.78, 5) is 19.1. The zero-order chi connectivity index (χ0) is 19.9. The maximum Gasteiger partial charge on any atom is 0.315 e. The molecule has 1 unspecified atom stereocenters. The topological polar surface area (TPSA) is 75.7 Å². The molecule has 3 rings (SSSR count). The van der Waals surface area contributed by atoms with Crippen LogP contribution in [0.4, 0.5) is 10.6 Å². The van der Waals surface area contributed by atoms with E-state index in [2.05, 4.69) is 20.5 Å². The number of urea groups is 1. The Balaban J connectivity index is 0.00000300. The number of carbonyl (C=O) groups is 1. The van der Waals surface area contributed by atoms with E-state index in [0.717, 1.165) is 30.0 Å². The van der Waals surface area contributed by atoms with E-state index in [1.807, 2.05) is 43.5 Å². The number of hydrogen-bond donors (Lipinski definition) is 2. The number of anilines is 1. The van der Waals surface area contributed by atoms with Crippen molar-refractivity contribution in [1.29, 1.82) is 0 Å². The summed E-state index contributed by atoms with van der Waals surface area (Å²) in [5, 5.41) is 5.81. The van der Waals surface area contributed by atoms with Crippen molar-refractivity contribution in [3.05, 3.63) is 47.7 Å². The van der Waals surface area contributed by atoms with Gasteiger partial charge in [-0.05, 0) is 49.6 Å². The van der Waals surface area contributed by atoms with Gasteiger partial charge in [-0.3, -0.25) is 0 Å². The van der Waals surface area contributed by atoms with Crippen LogP contribution in [0.25, 0.3) is 0 Å². The number of methoxy groups -OCH3 is 2. The molecule has 8 heteroatoms. The third-order valence-electron chi connectivity index (χ3n) is 4.94. The van der Waals surface area contributed by atoms with Crippen LogP contribution in [0.1, 0.15) is 36.9 Å². The number of amides is 2. The molecule has 0 saturated carbocycles. The van der Waals surface area contributed by atoms with E-state index in [0.29, 0.717) is 18.0 Å². The van der Waals surface area contributed by atoms with Crippen LogP contribution in [0.5, 0.6) is 11.5 Å². The van der Waals surface area contributed by atoms with Gasteiger partial charge in [0, 0.05) is 31.4 Å². The Morgan fingerprint density at radius 1 is 1.17 bits per heavy atom. The Morgan fingerprint density at radius 3 is 2.55 bits per heavy atom. The summed E-state index contributed by atoms with van der Waals surface area (Å²) in [5.41, 5.74) is 1.82. The fourth-order valence-corrected chi connectivity index (χ4v) is 3.34. The standard InChI is InChI=1S/C21H28N4O3.ClH/c1-15(18-12-17(27-2)7-8-19(18)28-3)24-21(26)23-14-16-6-9-20(22-13-16)25-10-4-5-11-25;/h6-9,12-13,15H,4-5,10-11,14H2,1-3H3,(H2,23,24,26);1H. The lowest BCUT2D eigenvalue weighted by Crippen LogP contribution is -2.36. The number of pyridine rings is 1. The zero-order valence-corrected chi connectivity index (χ0v) is 17.9. The number of ether oxygens (including phenoxy) is 2. The van der Waals surface area contributed by atoms with Gasteiger partial charge >= 0.3 is 6.03 Å². The predicted molar refractivity (Wildman–Crippen MR) is 116 cm³/mol. The second-order valence-electron chi connectivity index (χ2n) is 6.88. The Kier molecular flexibility index (Phi) is 8.39. The lowest BCUT2D eigenvalue weighted by Gasteiger charge is -2.19. The van der Waals surface area contributed by atoms with Gasteiger partial charge < -0.3 is 25.0 Å². The normalized spacial score (nSPS) is 14.0. The molecule has 2 heterocycles. The van der Waals surface area contributed by atoms with Crippen LogP contribution in [0, 0.1) is 0 Å². The van der Waals surface area contributed by atoms with Gasteiger partial charge in [-0.1, -0.05) is 6.07 Å². The molecule has 1 fully saturated rings. The van der Waals surface area contributed by atoms with Crippen LogP contribution in [-0.2, 0) is 6.54 Å². The van der Waals surface area contributed by atoms with Crippen LogP contribution < -0.4 is 25.0 Å². The molecule has 1 atom stereocenters. The van der Waals surface area contributed by atoms with Gasteiger partial charge in [0.15, 0.2) is 0 Å². The largest absolute Gasteiger partial charge is 0.497 e. The van der Waals surface area contributed by atoms with Crippen molar-refractivity contribution in [3.63, 3.8) is 0 Å². The van der Waals surface area contributed by atoms with E-state index in [-0.39, 0.29) is 24.5 Å². The molecule has 1 aliphatic rings. The molecule has 29 heavy (non-hydrogen) atoms. The number of nitrogens with one attached hydrogen (secondary N) is 2. The maximum atomic E-state index is 12.3. The summed E-state index contributed by atoms with van der Waals surface area (Å²) in [6.45, 7) is 4.46. The summed E-state index contributed by atoms with van der Waals surface area (Å²) in [6, 6.07) is 9.07. The zero-order valence-electron chi connectivity index (χ0n) is 17.1. The monoisotopic (exact) mass is 420 g/mol. The molecule has 1 aromatic carbocycles. The van der Waals surface area contributed by atoms with Gasteiger partial charge in [-0.25, -0.2) is 9.78 Å². The number of halogens is 1. The third kappa shape index (κ3) is 5.90. The highest BCUT2D eigenvalue weighted by molar-refractivity contribution is 5.85. The Morgan fingerprint density at radius 2 is 1.93 bits per heavy atom. The number of hydrogen-bond acceptors (Lipinski definition) is 5. The van der Waals surface area contributed by atoms with Crippen molar-refractivity contribution in [3.8, 4) is 11.5 Å². The molecule has 0 radical (unpaired) electrons. The molecule has 2 aromatic rings. The van der Waals surface area contributed by atoms with Gasteiger partial charge in [0.25, 0.3) is 0 Å². The van der Waals surface area contributed by atoms with Crippen LogP contribution >= 0.6 is 12.4 Å². The fraction of sp³-hybridized carbons (Fsp3) is 0.429. The molecule has 158 valence electrons. The Labute approximate surface area is 178 Å². The molecule has 1 aromatic heterocycles. The minimum atomic E-state index is -0.249. The molecular formula is C21H29ClN4O3. The minimum absolute atomic E-state index is 0. The first-order valence-electron chi connectivity index (χ1n) is 9.57. The lowest BCUT2D eigenvalue weighted by molar-refractivity contribution is 0.237. The summed E-state index contributed by atoms with van der Waals surface area (Å²) in [6.07, 6.45) is 4.27. The smallest absolute Gasteiger partial charge is 0.315 e. The maximum absolute atomic E-state index is 12.3. The molecule has 1 saturated heterocycles.